The van der Waals surface area contributed by atoms with Crippen molar-refractivity contribution in [2.75, 3.05) is 0 Å². The van der Waals surface area contributed by atoms with Crippen molar-refractivity contribution in [3.8, 4) is 11.1 Å². The van der Waals surface area contributed by atoms with E-state index in [1.165, 1.54) is 44.1 Å². The van der Waals surface area contributed by atoms with Crippen LogP contribution in [0.1, 0.15) is 54.4 Å². The molecule has 4 bridgehead atoms. The Morgan fingerprint density at radius 2 is 1.56 bits per heavy atom. The smallest absolute Gasteiger partial charge is 0.248 e. The van der Waals surface area contributed by atoms with Gasteiger partial charge in [-0.2, -0.15) is 0 Å². The van der Waals surface area contributed by atoms with Gasteiger partial charge in [-0.15, -0.1) is 0 Å². The van der Waals surface area contributed by atoms with Crippen molar-refractivity contribution in [2.24, 2.45) is 23.5 Å². The van der Waals surface area contributed by atoms with Gasteiger partial charge in [0.15, 0.2) is 0 Å². The lowest BCUT2D eigenvalue weighted by Crippen LogP contribution is -2.58. The highest BCUT2D eigenvalue weighted by atomic mass is 16.1. The number of hydrogen-bond donors (Lipinski definition) is 2. The van der Waals surface area contributed by atoms with Gasteiger partial charge in [0.1, 0.15) is 0 Å². The largest absolute Gasteiger partial charge is 0.366 e. The molecule has 3 nitrogen and oxygen atoms in total. The van der Waals surface area contributed by atoms with E-state index in [9.17, 15) is 4.79 Å². The first-order valence-corrected chi connectivity index (χ1v) is 10.3. The number of carbonyl (C=O) groups is 1. The van der Waals surface area contributed by atoms with E-state index in [1.54, 1.807) is 6.07 Å². The van der Waals surface area contributed by atoms with Gasteiger partial charge in [0, 0.05) is 17.6 Å². The first kappa shape index (κ1) is 17.0. The molecule has 4 aliphatic rings. The Bertz CT molecular complexity index is 820. The first-order chi connectivity index (χ1) is 13.1. The molecule has 140 valence electrons. The fourth-order valence-corrected chi connectivity index (χ4v) is 6.28. The second-order valence-electron chi connectivity index (χ2n) is 9.19. The number of rotatable bonds is 5. The van der Waals surface area contributed by atoms with Crippen LogP contribution in [-0.4, -0.2) is 11.4 Å². The summed E-state index contributed by atoms with van der Waals surface area (Å²) < 4.78 is 0. The van der Waals surface area contributed by atoms with Crippen LogP contribution >= 0.6 is 0 Å². The fraction of sp³-hybridized carbons (Fsp3) is 0.458. The molecule has 0 atom stereocenters. The van der Waals surface area contributed by atoms with Crippen LogP contribution in [0.2, 0.25) is 0 Å². The summed E-state index contributed by atoms with van der Waals surface area (Å²) in [5.41, 5.74) is 9.85. The number of nitrogens with one attached hydrogen (secondary N) is 1. The van der Waals surface area contributed by atoms with Crippen LogP contribution < -0.4 is 11.1 Å². The van der Waals surface area contributed by atoms with Gasteiger partial charge in [-0.25, -0.2) is 0 Å². The fourth-order valence-electron chi connectivity index (χ4n) is 6.28. The van der Waals surface area contributed by atoms with Crippen LogP contribution in [0.15, 0.2) is 48.5 Å². The first-order valence-electron chi connectivity index (χ1n) is 10.3. The normalized spacial score (nSPS) is 31.2. The minimum Gasteiger partial charge on any atom is -0.366 e. The van der Waals surface area contributed by atoms with E-state index in [1.807, 2.05) is 18.2 Å². The third-order valence-electron chi connectivity index (χ3n) is 7.14. The standard InChI is InChI=1S/C24H28N2O/c25-23(27)22-3-1-2-21(11-22)20-6-4-16(5-7-20)15-26-24-12-17-8-18(13-24)10-19(9-17)14-24/h1-7,11,17-19,26H,8-10,12-15H2,(H2,25,27). The number of primary amides is 1. The maximum Gasteiger partial charge on any atom is 0.248 e. The van der Waals surface area contributed by atoms with Crippen molar-refractivity contribution in [3.63, 3.8) is 0 Å². The van der Waals surface area contributed by atoms with Gasteiger partial charge < -0.3 is 11.1 Å². The molecule has 0 aliphatic heterocycles. The van der Waals surface area contributed by atoms with E-state index in [-0.39, 0.29) is 5.91 Å². The van der Waals surface area contributed by atoms with Crippen LogP contribution in [0, 0.1) is 17.8 Å². The minimum absolute atomic E-state index is 0.381. The van der Waals surface area contributed by atoms with E-state index in [0.29, 0.717) is 11.1 Å². The second-order valence-corrected chi connectivity index (χ2v) is 9.19. The molecule has 6 rings (SSSR count). The highest BCUT2D eigenvalue weighted by Gasteiger charge is 2.50. The summed E-state index contributed by atoms with van der Waals surface area (Å²) in [6.45, 7) is 0.952. The van der Waals surface area contributed by atoms with Gasteiger partial charge in [-0.3, -0.25) is 4.79 Å². The Balaban J connectivity index is 1.27. The molecule has 2 aromatic carbocycles. The Labute approximate surface area is 161 Å². The Morgan fingerprint density at radius 1 is 0.926 bits per heavy atom. The molecule has 2 aromatic rings. The summed E-state index contributed by atoms with van der Waals surface area (Å²) in [6.07, 6.45) is 8.62. The maximum absolute atomic E-state index is 11.4. The van der Waals surface area contributed by atoms with E-state index in [0.717, 1.165) is 35.4 Å². The summed E-state index contributed by atoms with van der Waals surface area (Å²) >= 11 is 0. The van der Waals surface area contributed by atoms with Gasteiger partial charge in [0.2, 0.25) is 5.91 Å². The molecule has 0 unspecified atom stereocenters. The lowest BCUT2D eigenvalue weighted by molar-refractivity contribution is -0.0206. The van der Waals surface area contributed by atoms with E-state index < -0.39 is 0 Å². The third-order valence-corrected chi connectivity index (χ3v) is 7.14. The molecule has 3 heteroatoms. The Kier molecular flexibility index (Phi) is 4.08. The topological polar surface area (TPSA) is 55.1 Å². The molecule has 4 fully saturated rings. The van der Waals surface area contributed by atoms with Gasteiger partial charge in [0.05, 0.1) is 0 Å². The molecule has 0 spiro atoms. The van der Waals surface area contributed by atoms with Crippen molar-refractivity contribution in [1.29, 1.82) is 0 Å². The quantitative estimate of drug-likeness (QED) is 0.824. The highest BCUT2D eigenvalue weighted by molar-refractivity contribution is 5.94. The number of nitrogens with two attached hydrogens (primary N) is 1. The summed E-state index contributed by atoms with van der Waals surface area (Å²) in [5.74, 6) is 2.55. The zero-order valence-electron chi connectivity index (χ0n) is 15.8. The van der Waals surface area contributed by atoms with Crippen molar-refractivity contribution >= 4 is 5.91 Å². The molecular formula is C24H28N2O. The number of benzene rings is 2. The van der Waals surface area contributed by atoms with Crippen molar-refractivity contribution in [3.05, 3.63) is 59.7 Å². The molecule has 0 heterocycles. The predicted octanol–water partition coefficient (Wildman–Crippen LogP) is 4.51. The summed E-state index contributed by atoms with van der Waals surface area (Å²) in [5, 5.41) is 3.97. The number of hydrogen-bond acceptors (Lipinski definition) is 2. The molecule has 4 saturated carbocycles. The lowest BCUT2D eigenvalue weighted by Gasteiger charge is -2.57. The van der Waals surface area contributed by atoms with Crippen LogP contribution in [0.4, 0.5) is 0 Å². The lowest BCUT2D eigenvalue weighted by atomic mass is 9.53. The van der Waals surface area contributed by atoms with Gasteiger partial charge in [0.25, 0.3) is 0 Å². The zero-order valence-corrected chi connectivity index (χ0v) is 15.8. The molecule has 0 radical (unpaired) electrons. The molecule has 0 saturated heterocycles. The van der Waals surface area contributed by atoms with Crippen molar-refractivity contribution in [2.45, 2.75) is 50.6 Å². The minimum atomic E-state index is -0.381. The molecule has 3 N–H and O–H groups in total. The van der Waals surface area contributed by atoms with E-state index >= 15 is 0 Å². The monoisotopic (exact) mass is 360 g/mol. The number of amides is 1. The van der Waals surface area contributed by atoms with Crippen LogP contribution in [-0.2, 0) is 6.54 Å². The molecular weight excluding hydrogens is 332 g/mol. The van der Waals surface area contributed by atoms with Crippen molar-refractivity contribution in [1.82, 2.24) is 5.32 Å². The number of carbonyl (C=O) groups excluding carboxylic acids is 1. The average molecular weight is 361 g/mol. The Hall–Kier alpha value is -2.13. The van der Waals surface area contributed by atoms with Gasteiger partial charge >= 0.3 is 0 Å². The van der Waals surface area contributed by atoms with Gasteiger partial charge in [-0.05, 0) is 85.1 Å². The van der Waals surface area contributed by atoms with Crippen LogP contribution in [0.25, 0.3) is 11.1 Å². The summed E-state index contributed by atoms with van der Waals surface area (Å²) in [4.78, 5) is 11.4. The predicted molar refractivity (Wildman–Crippen MR) is 108 cm³/mol. The summed E-state index contributed by atoms with van der Waals surface area (Å²) in [7, 11) is 0. The van der Waals surface area contributed by atoms with Crippen molar-refractivity contribution < 1.29 is 4.79 Å². The Morgan fingerprint density at radius 3 is 2.15 bits per heavy atom. The van der Waals surface area contributed by atoms with E-state index in [4.69, 9.17) is 5.73 Å². The van der Waals surface area contributed by atoms with Crippen LogP contribution in [0.3, 0.4) is 0 Å². The second kappa shape index (κ2) is 6.49. The van der Waals surface area contributed by atoms with E-state index in [2.05, 4.69) is 29.6 Å². The molecule has 4 aliphatic carbocycles. The SMILES string of the molecule is NC(=O)c1cccc(-c2ccc(CNC34CC5CC(CC(C5)C3)C4)cc2)c1. The molecule has 0 aromatic heterocycles. The highest BCUT2D eigenvalue weighted by Crippen LogP contribution is 2.55. The third kappa shape index (κ3) is 3.29. The average Bonchev–Trinajstić information content (AvgIpc) is 2.66. The molecule has 27 heavy (non-hydrogen) atoms. The molecule has 1 amide bonds. The maximum atomic E-state index is 11.4. The zero-order chi connectivity index (χ0) is 18.4. The van der Waals surface area contributed by atoms with Crippen LogP contribution in [0.5, 0.6) is 0 Å². The summed E-state index contributed by atoms with van der Waals surface area (Å²) in [6, 6.07) is 16.3. The van der Waals surface area contributed by atoms with Gasteiger partial charge in [-0.1, -0.05) is 36.4 Å².